The molecule has 0 aromatic carbocycles. The molecule has 5 unspecified atom stereocenters. The van der Waals surface area contributed by atoms with E-state index in [-0.39, 0.29) is 18.6 Å². The van der Waals surface area contributed by atoms with Gasteiger partial charge in [-0.1, -0.05) is 0 Å². The van der Waals surface area contributed by atoms with Gasteiger partial charge >= 0.3 is 0 Å². The number of carboxylic acids is 5. The Labute approximate surface area is 189 Å². The van der Waals surface area contributed by atoms with E-state index in [1.165, 1.54) is 0 Å². The summed E-state index contributed by atoms with van der Waals surface area (Å²) in [6, 6.07) is 0. The van der Waals surface area contributed by atoms with Crippen molar-refractivity contribution in [3.8, 4) is 0 Å². The van der Waals surface area contributed by atoms with Gasteiger partial charge in [0.05, 0.1) is 60.4 Å². The molecule has 5 atom stereocenters. The average molecular weight is 496 g/mol. The van der Waals surface area contributed by atoms with Crippen LogP contribution >= 0.6 is 0 Å². The number of aliphatic hydroxyl groups excluding tert-OH is 5. The summed E-state index contributed by atoms with van der Waals surface area (Å²) in [7, 11) is 0. The maximum atomic E-state index is 9.34. The molecule has 0 saturated heterocycles. The third-order valence-electron chi connectivity index (χ3n) is 1.71. The van der Waals surface area contributed by atoms with Crippen LogP contribution in [0.4, 0.5) is 0 Å². The van der Waals surface area contributed by atoms with Crippen LogP contribution < -0.4 is 25.5 Å². The standard InChI is InChI=1S/5C3H6O3.V/c5*1-2(4)3(5)6;/h5*2,4H,1H3,(H,5,6);/p-5. The predicted octanol–water partition coefficient (Wildman–Crippen LogP) is -9.42. The molecule has 0 saturated carbocycles. The minimum atomic E-state index is -1.44. The zero-order valence-electron chi connectivity index (χ0n) is 17.2. The van der Waals surface area contributed by atoms with E-state index in [2.05, 4.69) is 0 Å². The Kier molecular flexibility index (Phi) is 35.5. The van der Waals surface area contributed by atoms with Crippen LogP contribution in [0.25, 0.3) is 0 Å². The molecular weight excluding hydrogens is 471 g/mol. The van der Waals surface area contributed by atoms with Crippen molar-refractivity contribution in [1.29, 1.82) is 0 Å². The molecule has 0 heterocycles. The first kappa shape index (κ1) is 42.8. The number of rotatable bonds is 5. The van der Waals surface area contributed by atoms with Crippen LogP contribution in [0.5, 0.6) is 0 Å². The van der Waals surface area contributed by atoms with Crippen molar-refractivity contribution in [3.05, 3.63) is 0 Å². The average Bonchev–Trinajstić information content (AvgIpc) is 2.56. The molecule has 16 heteroatoms. The molecule has 0 aliphatic heterocycles. The molecule has 185 valence electrons. The summed E-state index contributed by atoms with van der Waals surface area (Å²) in [6.45, 7) is 5.67. The predicted molar refractivity (Wildman–Crippen MR) is 83.4 cm³/mol. The zero-order valence-corrected chi connectivity index (χ0v) is 18.5. The van der Waals surface area contributed by atoms with E-state index in [9.17, 15) is 49.5 Å². The van der Waals surface area contributed by atoms with Gasteiger partial charge in [0.1, 0.15) is 0 Å². The second-order valence-electron chi connectivity index (χ2n) is 4.98. The molecule has 0 bridgehead atoms. The molecule has 5 N–H and O–H groups in total. The van der Waals surface area contributed by atoms with Crippen molar-refractivity contribution in [2.75, 3.05) is 0 Å². The van der Waals surface area contributed by atoms with Gasteiger partial charge in [0.15, 0.2) is 0 Å². The van der Waals surface area contributed by atoms with Gasteiger partial charge in [-0.3, -0.25) is 0 Å². The Morgan fingerprint density at radius 2 is 0.452 bits per heavy atom. The molecule has 0 aliphatic rings. The maximum Gasteiger partial charge on any atom is 0.0905 e. The van der Waals surface area contributed by atoms with Gasteiger partial charge in [0, 0.05) is 18.6 Å². The first-order valence-corrected chi connectivity index (χ1v) is 7.66. The molecule has 0 fully saturated rings. The summed E-state index contributed by atoms with van der Waals surface area (Å²) >= 11 is 0. The molecule has 0 rings (SSSR count). The zero-order chi connectivity index (χ0) is 25.8. The van der Waals surface area contributed by atoms with Crippen LogP contribution in [0.3, 0.4) is 0 Å². The molecule has 0 aromatic rings. The van der Waals surface area contributed by atoms with Crippen LogP contribution in [-0.2, 0) is 42.5 Å². The fourth-order valence-electron chi connectivity index (χ4n) is 0. The van der Waals surface area contributed by atoms with Crippen LogP contribution in [-0.4, -0.2) is 85.9 Å². The minimum Gasteiger partial charge on any atom is -0.547 e. The smallest absolute Gasteiger partial charge is 0.0905 e. The van der Waals surface area contributed by atoms with Gasteiger partial charge in [-0.2, -0.15) is 0 Å². The summed E-state index contributed by atoms with van der Waals surface area (Å²) in [5, 5.41) is 86.5. The second kappa shape index (κ2) is 25.8. The van der Waals surface area contributed by atoms with E-state index in [0.717, 1.165) is 34.6 Å². The van der Waals surface area contributed by atoms with Crippen molar-refractivity contribution < 1.29 is 93.6 Å². The van der Waals surface area contributed by atoms with E-state index in [4.69, 9.17) is 25.5 Å². The molecule has 0 spiro atoms. The van der Waals surface area contributed by atoms with Gasteiger partial charge in [-0.05, 0) is 34.6 Å². The van der Waals surface area contributed by atoms with Crippen LogP contribution in [0.15, 0.2) is 0 Å². The van der Waals surface area contributed by atoms with Crippen molar-refractivity contribution in [2.45, 2.75) is 65.1 Å². The van der Waals surface area contributed by atoms with Crippen LogP contribution in [0.1, 0.15) is 34.6 Å². The Hall–Kier alpha value is -2.27. The number of aliphatic hydroxyl groups is 5. The van der Waals surface area contributed by atoms with E-state index in [1.807, 2.05) is 0 Å². The summed E-state index contributed by atoms with van der Waals surface area (Å²) in [4.78, 5) is 46.7. The Bertz CT molecular complexity index is 396. The van der Waals surface area contributed by atoms with E-state index < -0.39 is 60.4 Å². The molecule has 1 radical (unpaired) electrons. The fourth-order valence-corrected chi connectivity index (χ4v) is 0. The largest absolute Gasteiger partial charge is 0.547 e. The first-order chi connectivity index (χ1) is 13.2. The van der Waals surface area contributed by atoms with Crippen LogP contribution in [0, 0.1) is 0 Å². The number of carbonyl (C=O) groups is 5. The van der Waals surface area contributed by atoms with E-state index in [0.29, 0.717) is 0 Å². The van der Waals surface area contributed by atoms with Gasteiger partial charge in [-0.25, -0.2) is 0 Å². The molecule has 31 heavy (non-hydrogen) atoms. The molecule has 0 aromatic heterocycles. The van der Waals surface area contributed by atoms with Crippen molar-refractivity contribution in [2.24, 2.45) is 0 Å². The van der Waals surface area contributed by atoms with Gasteiger partial charge in [0.25, 0.3) is 0 Å². The number of carbonyl (C=O) groups excluding carboxylic acids is 5. The summed E-state index contributed by atoms with van der Waals surface area (Å²) in [5.41, 5.74) is 0. The Morgan fingerprint density at radius 1 is 0.419 bits per heavy atom. The number of hydrogen-bond acceptors (Lipinski definition) is 15. The second-order valence-corrected chi connectivity index (χ2v) is 4.98. The number of hydrogen-bond donors (Lipinski definition) is 5. The molecule has 0 amide bonds. The maximum absolute atomic E-state index is 9.34. The Morgan fingerprint density at radius 3 is 0.452 bits per heavy atom. The number of aliphatic carboxylic acids is 5. The van der Waals surface area contributed by atoms with Crippen molar-refractivity contribution >= 4 is 29.8 Å². The SMILES string of the molecule is CC(O)C(=O)[O-].CC(O)C(=O)[O-].CC(O)C(=O)[O-].CC(O)C(=O)[O-].CC(O)C(=O)[O-].[V]. The quantitative estimate of drug-likeness (QED) is 0.236. The van der Waals surface area contributed by atoms with Crippen LogP contribution in [0.2, 0.25) is 0 Å². The summed E-state index contributed by atoms with van der Waals surface area (Å²) in [5.74, 6) is -7.18. The normalized spacial score (nSPS) is 13.2. The van der Waals surface area contributed by atoms with Gasteiger partial charge in [-0.15, -0.1) is 0 Å². The molecule has 0 aliphatic carbocycles. The first-order valence-electron chi connectivity index (χ1n) is 7.66. The third kappa shape index (κ3) is 58.4. The number of carboxylic acid groups (broad SMARTS) is 5. The van der Waals surface area contributed by atoms with Crippen molar-refractivity contribution in [3.63, 3.8) is 0 Å². The fraction of sp³-hybridized carbons (Fsp3) is 0.667. The molecular formula is C15H25O15V-5. The van der Waals surface area contributed by atoms with E-state index in [1.54, 1.807) is 0 Å². The summed E-state index contributed by atoms with van der Waals surface area (Å²) < 4.78 is 0. The topological polar surface area (TPSA) is 302 Å². The van der Waals surface area contributed by atoms with Gasteiger partial charge in [0.2, 0.25) is 0 Å². The monoisotopic (exact) mass is 496 g/mol. The van der Waals surface area contributed by atoms with E-state index >= 15 is 0 Å². The Balaban J connectivity index is -0.0000000625. The van der Waals surface area contributed by atoms with Gasteiger partial charge < -0.3 is 75.0 Å². The molecule has 15 nitrogen and oxygen atoms in total. The van der Waals surface area contributed by atoms with Crippen molar-refractivity contribution in [1.82, 2.24) is 0 Å². The third-order valence-corrected chi connectivity index (χ3v) is 1.71. The minimum absolute atomic E-state index is 0. The summed E-state index contributed by atoms with van der Waals surface area (Å²) in [6.07, 6.45) is -6.71.